The van der Waals surface area contributed by atoms with Crippen molar-refractivity contribution in [3.05, 3.63) is 71.5 Å². The lowest BCUT2D eigenvalue weighted by molar-refractivity contribution is 0.283. The average Bonchev–Trinajstić information content (AvgIpc) is 2.60. The van der Waals surface area contributed by atoms with Crippen LogP contribution in [0, 0.1) is 23.1 Å². The fourth-order valence-corrected chi connectivity index (χ4v) is 3.40. The standard InChI is InChI=1S/C22H27FN2/c1-18(2)22(17-24,20-12-7-8-13-21(20)23)14-9-15-25(3)16-19-10-5-4-6-11-19/h4-8,10-13,18H,9,14-16H2,1-3H3. The third-order valence-electron chi connectivity index (χ3n) is 4.95. The lowest BCUT2D eigenvalue weighted by atomic mass is 9.69. The van der Waals surface area contributed by atoms with Crippen LogP contribution in [-0.4, -0.2) is 18.5 Å². The van der Waals surface area contributed by atoms with Gasteiger partial charge >= 0.3 is 0 Å². The zero-order valence-electron chi connectivity index (χ0n) is 15.4. The number of hydrogen-bond donors (Lipinski definition) is 0. The fraction of sp³-hybridized carbons (Fsp3) is 0.409. The summed E-state index contributed by atoms with van der Waals surface area (Å²) in [4.78, 5) is 2.25. The number of rotatable bonds is 8. The third kappa shape index (κ3) is 4.67. The Bertz CT molecular complexity index is 705. The summed E-state index contributed by atoms with van der Waals surface area (Å²) in [5.41, 5.74) is 1.02. The van der Waals surface area contributed by atoms with Crippen LogP contribution in [0.4, 0.5) is 4.39 Å². The summed E-state index contributed by atoms with van der Waals surface area (Å²) in [6, 6.07) is 19.5. The van der Waals surface area contributed by atoms with E-state index in [0.717, 1.165) is 19.5 Å². The molecule has 0 heterocycles. The molecule has 0 spiro atoms. The smallest absolute Gasteiger partial charge is 0.128 e. The van der Waals surface area contributed by atoms with Gasteiger partial charge in [0.25, 0.3) is 0 Å². The molecule has 0 fully saturated rings. The molecular formula is C22H27FN2. The van der Waals surface area contributed by atoms with E-state index >= 15 is 0 Å². The van der Waals surface area contributed by atoms with E-state index in [9.17, 15) is 9.65 Å². The largest absolute Gasteiger partial charge is 0.302 e. The van der Waals surface area contributed by atoms with E-state index in [2.05, 4.69) is 30.1 Å². The van der Waals surface area contributed by atoms with Gasteiger partial charge < -0.3 is 4.90 Å². The van der Waals surface area contributed by atoms with Gasteiger partial charge in [-0.3, -0.25) is 0 Å². The quantitative estimate of drug-likeness (QED) is 0.665. The number of halogens is 1. The molecule has 2 rings (SSSR count). The second kappa shape index (κ2) is 8.78. The van der Waals surface area contributed by atoms with Crippen LogP contribution in [0.15, 0.2) is 54.6 Å². The molecule has 0 saturated carbocycles. The van der Waals surface area contributed by atoms with Gasteiger partial charge in [-0.15, -0.1) is 0 Å². The Hall–Kier alpha value is -2.18. The molecule has 0 N–H and O–H groups in total. The van der Waals surface area contributed by atoms with Crippen molar-refractivity contribution in [1.82, 2.24) is 4.90 Å². The highest BCUT2D eigenvalue weighted by molar-refractivity contribution is 5.34. The molecule has 0 aliphatic rings. The zero-order valence-corrected chi connectivity index (χ0v) is 15.4. The van der Waals surface area contributed by atoms with Gasteiger partial charge in [0.1, 0.15) is 5.82 Å². The minimum absolute atomic E-state index is 0.0498. The molecule has 25 heavy (non-hydrogen) atoms. The Morgan fingerprint density at radius 1 is 1.08 bits per heavy atom. The Kier molecular flexibility index (Phi) is 6.73. The first kappa shape index (κ1) is 19.1. The molecule has 132 valence electrons. The molecule has 2 aromatic rings. The van der Waals surface area contributed by atoms with Crippen molar-refractivity contribution in [2.45, 2.75) is 38.6 Å². The molecule has 2 nitrogen and oxygen atoms in total. The summed E-state index contributed by atoms with van der Waals surface area (Å²) < 4.78 is 14.3. The third-order valence-corrected chi connectivity index (χ3v) is 4.95. The van der Waals surface area contributed by atoms with Crippen molar-refractivity contribution in [2.75, 3.05) is 13.6 Å². The molecule has 0 amide bonds. The number of nitriles is 1. The molecule has 0 aromatic heterocycles. The van der Waals surface area contributed by atoms with Crippen molar-refractivity contribution < 1.29 is 4.39 Å². The molecule has 2 aromatic carbocycles. The first-order valence-corrected chi connectivity index (χ1v) is 8.88. The van der Waals surface area contributed by atoms with Gasteiger partial charge in [0.15, 0.2) is 0 Å². The van der Waals surface area contributed by atoms with Gasteiger partial charge in [0, 0.05) is 12.1 Å². The van der Waals surface area contributed by atoms with Crippen LogP contribution >= 0.6 is 0 Å². The maximum Gasteiger partial charge on any atom is 0.128 e. The van der Waals surface area contributed by atoms with Gasteiger partial charge in [-0.1, -0.05) is 62.4 Å². The van der Waals surface area contributed by atoms with E-state index in [4.69, 9.17) is 0 Å². The zero-order chi connectivity index (χ0) is 18.3. The Labute approximate surface area is 150 Å². The predicted octanol–water partition coefficient (Wildman–Crippen LogP) is 5.16. The summed E-state index contributed by atoms with van der Waals surface area (Å²) >= 11 is 0. The highest BCUT2D eigenvalue weighted by atomic mass is 19.1. The lowest BCUT2D eigenvalue weighted by Gasteiger charge is -2.32. The second-order valence-electron chi connectivity index (χ2n) is 7.04. The maximum absolute atomic E-state index is 14.3. The van der Waals surface area contributed by atoms with Crippen molar-refractivity contribution in [3.63, 3.8) is 0 Å². The topological polar surface area (TPSA) is 27.0 Å². The van der Waals surface area contributed by atoms with Crippen molar-refractivity contribution in [2.24, 2.45) is 5.92 Å². The Morgan fingerprint density at radius 3 is 2.32 bits per heavy atom. The summed E-state index contributed by atoms with van der Waals surface area (Å²) in [6.07, 6.45) is 1.50. The van der Waals surface area contributed by atoms with Gasteiger partial charge in [-0.25, -0.2) is 4.39 Å². The number of benzene rings is 2. The van der Waals surface area contributed by atoms with Crippen molar-refractivity contribution in [1.29, 1.82) is 5.26 Å². The first-order valence-electron chi connectivity index (χ1n) is 8.88. The molecule has 0 aliphatic heterocycles. The van der Waals surface area contributed by atoms with E-state index in [-0.39, 0.29) is 11.7 Å². The molecule has 0 saturated heterocycles. The van der Waals surface area contributed by atoms with Crippen LogP contribution in [0.5, 0.6) is 0 Å². The molecular weight excluding hydrogens is 311 g/mol. The van der Waals surface area contributed by atoms with Crippen LogP contribution in [0.3, 0.4) is 0 Å². The minimum Gasteiger partial charge on any atom is -0.302 e. The summed E-state index contributed by atoms with van der Waals surface area (Å²) in [7, 11) is 2.08. The van der Waals surface area contributed by atoms with E-state index in [1.165, 1.54) is 11.6 Å². The normalized spacial score (nSPS) is 13.6. The van der Waals surface area contributed by atoms with Crippen LogP contribution in [-0.2, 0) is 12.0 Å². The number of nitrogens with zero attached hydrogens (tertiary/aromatic N) is 2. The SMILES string of the molecule is CC(C)C(C#N)(CCCN(C)Cc1ccccc1)c1ccccc1F. The highest BCUT2D eigenvalue weighted by Gasteiger charge is 2.37. The van der Waals surface area contributed by atoms with Gasteiger partial charge in [0.2, 0.25) is 0 Å². The fourth-order valence-electron chi connectivity index (χ4n) is 3.40. The molecule has 0 bridgehead atoms. The second-order valence-corrected chi connectivity index (χ2v) is 7.04. The summed E-state index contributed by atoms with van der Waals surface area (Å²) in [5.74, 6) is -0.232. The molecule has 1 unspecified atom stereocenters. The van der Waals surface area contributed by atoms with Crippen LogP contribution in [0.1, 0.15) is 37.8 Å². The molecule has 0 radical (unpaired) electrons. The summed E-state index contributed by atoms with van der Waals surface area (Å²) in [6.45, 7) is 5.76. The minimum atomic E-state index is -0.779. The molecule has 0 aliphatic carbocycles. The van der Waals surface area contributed by atoms with E-state index in [1.807, 2.05) is 38.1 Å². The van der Waals surface area contributed by atoms with Crippen molar-refractivity contribution >= 4 is 0 Å². The van der Waals surface area contributed by atoms with Gasteiger partial charge in [0.05, 0.1) is 11.5 Å². The van der Waals surface area contributed by atoms with Gasteiger partial charge in [-0.05, 0) is 44.0 Å². The van der Waals surface area contributed by atoms with Crippen LogP contribution in [0.2, 0.25) is 0 Å². The molecule has 3 heteroatoms. The van der Waals surface area contributed by atoms with E-state index in [1.54, 1.807) is 12.1 Å². The lowest BCUT2D eigenvalue weighted by Crippen LogP contribution is -2.33. The Morgan fingerprint density at radius 2 is 1.72 bits per heavy atom. The average molecular weight is 338 g/mol. The number of hydrogen-bond acceptors (Lipinski definition) is 2. The highest BCUT2D eigenvalue weighted by Crippen LogP contribution is 2.37. The van der Waals surface area contributed by atoms with Crippen molar-refractivity contribution in [3.8, 4) is 6.07 Å². The van der Waals surface area contributed by atoms with E-state index < -0.39 is 5.41 Å². The monoisotopic (exact) mass is 338 g/mol. The van der Waals surface area contributed by atoms with E-state index in [0.29, 0.717) is 12.0 Å². The molecule has 1 atom stereocenters. The first-order chi connectivity index (χ1) is 12.0. The predicted molar refractivity (Wildman–Crippen MR) is 101 cm³/mol. The van der Waals surface area contributed by atoms with Gasteiger partial charge in [-0.2, -0.15) is 5.26 Å². The van der Waals surface area contributed by atoms with Crippen LogP contribution in [0.25, 0.3) is 0 Å². The summed E-state index contributed by atoms with van der Waals surface area (Å²) in [5, 5.41) is 9.89. The Balaban J connectivity index is 2.04. The van der Waals surface area contributed by atoms with Crippen LogP contribution < -0.4 is 0 Å². The maximum atomic E-state index is 14.3.